The van der Waals surface area contributed by atoms with Crippen LogP contribution in [-0.2, 0) is 27.4 Å². The van der Waals surface area contributed by atoms with Crippen molar-refractivity contribution in [1.82, 2.24) is 5.32 Å². The summed E-state index contributed by atoms with van der Waals surface area (Å²) in [7, 11) is 0. The molecule has 0 aliphatic carbocycles. The van der Waals surface area contributed by atoms with Gasteiger partial charge in [-0.05, 0) is 37.6 Å². The van der Waals surface area contributed by atoms with Crippen LogP contribution in [0, 0.1) is 0 Å². The highest BCUT2D eigenvalue weighted by atomic mass is 35.5. The summed E-state index contributed by atoms with van der Waals surface area (Å²) >= 11 is 5.84. The Morgan fingerprint density at radius 2 is 1.83 bits per heavy atom. The number of rotatable bonds is 8. The molecule has 3 aromatic rings. The van der Waals surface area contributed by atoms with E-state index in [-0.39, 0.29) is 18.5 Å². The van der Waals surface area contributed by atoms with Crippen LogP contribution in [0.5, 0.6) is 0 Å². The van der Waals surface area contributed by atoms with Gasteiger partial charge in [-0.2, -0.15) is 0 Å². The number of carbonyl (C=O) groups excluding carboxylic acids is 2. The molecule has 1 aromatic heterocycles. The van der Waals surface area contributed by atoms with E-state index in [9.17, 15) is 9.59 Å². The summed E-state index contributed by atoms with van der Waals surface area (Å²) in [4.78, 5) is 24.6. The summed E-state index contributed by atoms with van der Waals surface area (Å²) in [6, 6.07) is 14.4. The molecule has 0 fully saturated rings. The normalized spacial score (nSPS) is 11.0. The van der Waals surface area contributed by atoms with Crippen molar-refractivity contribution in [2.24, 2.45) is 0 Å². The van der Waals surface area contributed by atoms with Crippen molar-refractivity contribution in [2.45, 2.75) is 33.1 Å². The number of para-hydroxylation sites is 1. The maximum atomic E-state index is 12.5. The fourth-order valence-corrected chi connectivity index (χ4v) is 2.83. The second-order valence-corrected chi connectivity index (χ2v) is 7.18. The Morgan fingerprint density at radius 3 is 2.55 bits per heavy atom. The summed E-state index contributed by atoms with van der Waals surface area (Å²) in [6.07, 6.45) is -0.00817. The van der Waals surface area contributed by atoms with E-state index in [1.165, 1.54) is 0 Å². The Morgan fingerprint density at radius 1 is 1.10 bits per heavy atom. The molecule has 0 radical (unpaired) electrons. The van der Waals surface area contributed by atoms with Crippen LogP contribution in [0.1, 0.15) is 35.5 Å². The van der Waals surface area contributed by atoms with E-state index in [4.69, 9.17) is 25.5 Å². The van der Waals surface area contributed by atoms with Gasteiger partial charge in [-0.1, -0.05) is 41.9 Å². The van der Waals surface area contributed by atoms with Crippen molar-refractivity contribution in [3.05, 3.63) is 70.4 Å². The van der Waals surface area contributed by atoms with Crippen LogP contribution in [0.3, 0.4) is 0 Å². The molecule has 0 saturated heterocycles. The van der Waals surface area contributed by atoms with Gasteiger partial charge < -0.3 is 19.2 Å². The first-order valence-electron chi connectivity index (χ1n) is 9.24. The van der Waals surface area contributed by atoms with Crippen LogP contribution >= 0.6 is 11.6 Å². The topological polar surface area (TPSA) is 77.8 Å². The van der Waals surface area contributed by atoms with E-state index in [0.717, 1.165) is 10.9 Å². The van der Waals surface area contributed by atoms with Gasteiger partial charge >= 0.3 is 5.97 Å². The summed E-state index contributed by atoms with van der Waals surface area (Å²) in [5.74, 6) is -1.06. The van der Waals surface area contributed by atoms with Gasteiger partial charge in [0.15, 0.2) is 6.61 Å². The molecule has 7 heteroatoms. The van der Waals surface area contributed by atoms with Crippen molar-refractivity contribution in [3.8, 4) is 0 Å². The first-order chi connectivity index (χ1) is 13.9. The van der Waals surface area contributed by atoms with Gasteiger partial charge in [0.1, 0.15) is 5.58 Å². The van der Waals surface area contributed by atoms with Crippen LogP contribution in [-0.4, -0.2) is 24.6 Å². The zero-order valence-electron chi connectivity index (χ0n) is 16.2. The molecule has 0 aliphatic rings. The Hall–Kier alpha value is -2.83. The van der Waals surface area contributed by atoms with Gasteiger partial charge in [0.05, 0.1) is 12.7 Å². The quantitative estimate of drug-likeness (QED) is 0.548. The molecular weight excluding hydrogens is 394 g/mol. The number of hydrogen-bond acceptors (Lipinski definition) is 5. The highest BCUT2D eigenvalue weighted by Crippen LogP contribution is 2.27. The van der Waals surface area contributed by atoms with E-state index >= 15 is 0 Å². The maximum absolute atomic E-state index is 12.5. The molecule has 1 N–H and O–H groups in total. The molecule has 0 spiro atoms. The average molecular weight is 416 g/mol. The van der Waals surface area contributed by atoms with E-state index < -0.39 is 18.5 Å². The standard InChI is InChI=1S/C22H22ClNO5/c1-14(2)27-12-18-17-5-3-4-6-19(17)29-21(18)22(26)28-13-20(25)24-11-15-7-9-16(23)10-8-15/h3-10,14H,11-13H2,1-2H3,(H,24,25). The second-order valence-electron chi connectivity index (χ2n) is 6.74. The van der Waals surface area contributed by atoms with Gasteiger partial charge in [-0.15, -0.1) is 0 Å². The Balaban J connectivity index is 1.62. The molecule has 0 bridgehead atoms. The lowest BCUT2D eigenvalue weighted by Gasteiger charge is -2.09. The lowest BCUT2D eigenvalue weighted by molar-refractivity contribution is -0.124. The molecule has 0 saturated carbocycles. The SMILES string of the molecule is CC(C)OCc1c(C(=O)OCC(=O)NCc2ccc(Cl)cc2)oc2ccccc12. The number of fused-ring (bicyclic) bond motifs is 1. The third-order valence-electron chi connectivity index (χ3n) is 4.18. The number of nitrogens with one attached hydrogen (secondary N) is 1. The zero-order valence-corrected chi connectivity index (χ0v) is 17.0. The number of ether oxygens (including phenoxy) is 2. The van der Waals surface area contributed by atoms with Crippen LogP contribution in [0.4, 0.5) is 0 Å². The molecule has 0 unspecified atom stereocenters. The summed E-state index contributed by atoms with van der Waals surface area (Å²) in [5, 5.41) is 4.10. The molecule has 1 heterocycles. The minimum atomic E-state index is -0.704. The number of esters is 1. The van der Waals surface area contributed by atoms with Crippen molar-refractivity contribution >= 4 is 34.4 Å². The number of carbonyl (C=O) groups is 2. The largest absolute Gasteiger partial charge is 0.450 e. The zero-order chi connectivity index (χ0) is 20.8. The smallest absolute Gasteiger partial charge is 0.375 e. The molecule has 29 heavy (non-hydrogen) atoms. The van der Waals surface area contributed by atoms with Crippen molar-refractivity contribution in [1.29, 1.82) is 0 Å². The lowest BCUT2D eigenvalue weighted by atomic mass is 10.1. The lowest BCUT2D eigenvalue weighted by Crippen LogP contribution is -2.28. The van der Waals surface area contributed by atoms with Crippen LogP contribution in [0.25, 0.3) is 11.0 Å². The average Bonchev–Trinajstić information content (AvgIpc) is 3.08. The molecule has 2 aromatic carbocycles. The first-order valence-corrected chi connectivity index (χ1v) is 9.62. The number of amides is 1. The van der Waals surface area contributed by atoms with Crippen molar-refractivity contribution in [2.75, 3.05) is 6.61 Å². The van der Waals surface area contributed by atoms with E-state index in [0.29, 0.717) is 22.7 Å². The number of furan rings is 1. The number of benzene rings is 2. The third-order valence-corrected chi connectivity index (χ3v) is 4.43. The van der Waals surface area contributed by atoms with Gasteiger partial charge in [0.2, 0.25) is 5.76 Å². The van der Waals surface area contributed by atoms with Gasteiger partial charge in [-0.25, -0.2) is 4.79 Å². The highest BCUT2D eigenvalue weighted by molar-refractivity contribution is 6.30. The fourth-order valence-electron chi connectivity index (χ4n) is 2.71. The highest BCUT2D eigenvalue weighted by Gasteiger charge is 2.23. The first kappa shape index (κ1) is 20.9. The van der Waals surface area contributed by atoms with Crippen molar-refractivity contribution in [3.63, 3.8) is 0 Å². The van der Waals surface area contributed by atoms with E-state index in [1.54, 1.807) is 18.2 Å². The predicted molar refractivity (Wildman–Crippen MR) is 110 cm³/mol. The minimum absolute atomic E-state index is 0.00817. The fraction of sp³-hybridized carbons (Fsp3) is 0.273. The molecule has 3 rings (SSSR count). The molecule has 0 aliphatic heterocycles. The van der Waals surface area contributed by atoms with E-state index in [2.05, 4.69) is 5.32 Å². The predicted octanol–water partition coefficient (Wildman–Crippen LogP) is 4.48. The van der Waals surface area contributed by atoms with Crippen LogP contribution in [0.15, 0.2) is 52.9 Å². The molecular formula is C22H22ClNO5. The molecule has 1 amide bonds. The molecule has 152 valence electrons. The van der Waals surface area contributed by atoms with Gasteiger partial charge in [0.25, 0.3) is 5.91 Å². The monoisotopic (exact) mass is 415 g/mol. The second kappa shape index (κ2) is 9.58. The van der Waals surface area contributed by atoms with E-state index in [1.807, 2.05) is 44.2 Å². The number of halogens is 1. The van der Waals surface area contributed by atoms with Crippen LogP contribution in [0.2, 0.25) is 5.02 Å². The summed E-state index contributed by atoms with van der Waals surface area (Å²) in [5.41, 5.74) is 2.06. The maximum Gasteiger partial charge on any atom is 0.375 e. The Bertz CT molecular complexity index is 994. The number of hydrogen-bond donors (Lipinski definition) is 1. The van der Waals surface area contributed by atoms with Crippen LogP contribution < -0.4 is 5.32 Å². The van der Waals surface area contributed by atoms with Gasteiger partial charge in [-0.3, -0.25) is 4.79 Å². The van der Waals surface area contributed by atoms with Gasteiger partial charge in [0, 0.05) is 22.5 Å². The summed E-state index contributed by atoms with van der Waals surface area (Å²) < 4.78 is 16.5. The third kappa shape index (κ3) is 5.59. The Kier molecular flexibility index (Phi) is 6.90. The molecule has 6 nitrogen and oxygen atoms in total. The van der Waals surface area contributed by atoms with Crippen molar-refractivity contribution < 1.29 is 23.5 Å². The Labute approximate surface area is 173 Å². The minimum Gasteiger partial charge on any atom is -0.450 e. The molecule has 0 atom stereocenters. The summed E-state index contributed by atoms with van der Waals surface area (Å²) in [6.45, 7) is 3.93.